The Morgan fingerprint density at radius 1 is 1.00 bits per heavy atom. The number of aliphatic hydroxyl groups excluding tert-OH is 1. The molecule has 0 bridgehead atoms. The van der Waals surface area contributed by atoms with Gasteiger partial charge in [0, 0.05) is 12.1 Å². The van der Waals surface area contributed by atoms with Crippen molar-refractivity contribution in [2.75, 3.05) is 51.3 Å². The summed E-state index contributed by atoms with van der Waals surface area (Å²) in [5, 5.41) is 15.1. The van der Waals surface area contributed by atoms with Crippen LogP contribution in [0.5, 0.6) is 17.2 Å². The van der Waals surface area contributed by atoms with E-state index in [4.69, 9.17) is 24.1 Å². The minimum Gasteiger partial charge on any atom is -0.497 e. The van der Waals surface area contributed by atoms with Gasteiger partial charge in [-0.1, -0.05) is 12.1 Å². The minimum absolute atomic E-state index is 0.108. The van der Waals surface area contributed by atoms with Crippen molar-refractivity contribution in [3.8, 4) is 17.2 Å². The minimum atomic E-state index is -4.34. The molecule has 0 amide bonds. The summed E-state index contributed by atoms with van der Waals surface area (Å²) in [6.07, 6.45) is -1.16. The second kappa shape index (κ2) is 12.9. The molecule has 0 radical (unpaired) electrons. The van der Waals surface area contributed by atoms with Gasteiger partial charge < -0.3 is 34.7 Å². The maximum Gasteiger partial charge on any atom is 0.242 e. The zero-order valence-electron chi connectivity index (χ0n) is 21.6. The number of benzene rings is 3. The number of sulfonamides is 1. The molecule has 1 unspecified atom stereocenters. The molecule has 0 saturated carbocycles. The van der Waals surface area contributed by atoms with Crippen LogP contribution in [0.1, 0.15) is 0 Å². The normalized spacial score (nSPS) is 14.5. The van der Waals surface area contributed by atoms with E-state index in [0.717, 1.165) is 12.1 Å². The van der Waals surface area contributed by atoms with Crippen LogP contribution < -0.4 is 29.6 Å². The van der Waals surface area contributed by atoms with Crippen LogP contribution in [-0.4, -0.2) is 66.2 Å². The number of methoxy groups -OCH3 is 2. The van der Waals surface area contributed by atoms with Gasteiger partial charge in [-0.25, -0.2) is 22.2 Å². The standard InChI is InChI=1S/C26H28F2N4O7S/c1-36-16-13-22(24(23(14-16)37-2)39-12-11-38-10-9-33)31-25-26(30-21-6-4-3-5-20(21)29-25)32-40(34,35)17-7-8-18(27)19(28)15-17/h3-8,13-15,26,30,32-33H,9-12H2,1-2H3,(H,29,31). The maximum absolute atomic E-state index is 13.8. The van der Waals surface area contributed by atoms with Crippen molar-refractivity contribution in [3.63, 3.8) is 0 Å². The van der Waals surface area contributed by atoms with Crippen LogP contribution in [0.3, 0.4) is 0 Å². The van der Waals surface area contributed by atoms with Gasteiger partial charge in [0.1, 0.15) is 24.4 Å². The Labute approximate surface area is 229 Å². The molecule has 3 aromatic rings. The van der Waals surface area contributed by atoms with Crippen LogP contribution in [0.2, 0.25) is 0 Å². The quantitative estimate of drug-likeness (QED) is 0.239. The first-order valence-corrected chi connectivity index (χ1v) is 13.5. The number of para-hydroxylation sites is 2. The molecular formula is C26H28F2N4O7S. The lowest BCUT2D eigenvalue weighted by atomic mass is 10.2. The van der Waals surface area contributed by atoms with Crippen molar-refractivity contribution < 1.29 is 41.3 Å². The third-order valence-corrected chi connectivity index (χ3v) is 7.07. The van der Waals surface area contributed by atoms with Gasteiger partial charge in [0.05, 0.1) is 56.0 Å². The molecule has 4 N–H and O–H groups in total. The summed E-state index contributed by atoms with van der Waals surface area (Å²) >= 11 is 0. The number of aliphatic imine (C=N–C) groups is 1. The summed E-state index contributed by atoms with van der Waals surface area (Å²) in [7, 11) is -1.43. The fourth-order valence-electron chi connectivity index (χ4n) is 3.76. The number of hydrogen-bond acceptors (Lipinski definition) is 10. The summed E-state index contributed by atoms with van der Waals surface area (Å²) in [6, 6.07) is 12.5. The molecular weight excluding hydrogens is 550 g/mol. The SMILES string of the molecule is COc1cc(NC2=Nc3ccccc3NC2NS(=O)(=O)c2ccc(F)c(F)c2)c(OCCOCCO)c(OC)c1. The third-order valence-electron chi connectivity index (χ3n) is 5.65. The molecule has 0 aromatic heterocycles. The molecule has 1 aliphatic rings. The average molecular weight is 579 g/mol. The van der Waals surface area contributed by atoms with E-state index in [0.29, 0.717) is 34.6 Å². The molecule has 4 rings (SSSR count). The van der Waals surface area contributed by atoms with E-state index in [2.05, 4.69) is 20.3 Å². The Kier molecular flexibility index (Phi) is 9.37. The Morgan fingerprint density at radius 3 is 2.52 bits per heavy atom. The monoisotopic (exact) mass is 578 g/mol. The third kappa shape index (κ3) is 6.77. The van der Waals surface area contributed by atoms with E-state index in [1.165, 1.54) is 14.2 Å². The van der Waals surface area contributed by atoms with Crippen molar-refractivity contribution in [1.82, 2.24) is 4.72 Å². The number of amidine groups is 1. The molecule has 40 heavy (non-hydrogen) atoms. The second-order valence-corrected chi connectivity index (χ2v) is 10.0. The highest BCUT2D eigenvalue weighted by Crippen LogP contribution is 2.40. The molecule has 1 heterocycles. The predicted octanol–water partition coefficient (Wildman–Crippen LogP) is 3.24. The summed E-state index contributed by atoms with van der Waals surface area (Å²) in [5.41, 5.74) is 1.38. The molecule has 0 spiro atoms. The molecule has 3 aromatic carbocycles. The highest BCUT2D eigenvalue weighted by Gasteiger charge is 2.30. The molecule has 0 aliphatic carbocycles. The summed E-state index contributed by atoms with van der Waals surface area (Å²) < 4.78 is 78.0. The lowest BCUT2D eigenvalue weighted by Gasteiger charge is -2.29. The zero-order chi connectivity index (χ0) is 28.7. The number of nitrogens with zero attached hydrogens (tertiary/aromatic N) is 1. The fourth-order valence-corrected chi connectivity index (χ4v) is 4.88. The van der Waals surface area contributed by atoms with Crippen molar-refractivity contribution in [2.24, 2.45) is 4.99 Å². The molecule has 11 nitrogen and oxygen atoms in total. The van der Waals surface area contributed by atoms with Crippen molar-refractivity contribution in [1.29, 1.82) is 0 Å². The number of anilines is 2. The lowest BCUT2D eigenvalue weighted by molar-refractivity contribution is 0.0700. The van der Waals surface area contributed by atoms with Gasteiger partial charge in [-0.3, -0.25) is 0 Å². The van der Waals surface area contributed by atoms with Crippen LogP contribution in [0.25, 0.3) is 0 Å². The summed E-state index contributed by atoms with van der Waals surface area (Å²) in [6.45, 7) is 0.309. The Bertz CT molecular complexity index is 1490. The number of nitrogens with one attached hydrogen (secondary N) is 3. The predicted molar refractivity (Wildman–Crippen MR) is 144 cm³/mol. The van der Waals surface area contributed by atoms with Crippen molar-refractivity contribution >= 4 is 32.9 Å². The van der Waals surface area contributed by atoms with Crippen LogP contribution >= 0.6 is 0 Å². The first-order valence-electron chi connectivity index (χ1n) is 12.0. The number of hydrogen-bond donors (Lipinski definition) is 4. The summed E-state index contributed by atoms with van der Waals surface area (Å²) in [4.78, 5) is 4.13. The average Bonchev–Trinajstić information content (AvgIpc) is 2.94. The Morgan fingerprint density at radius 2 is 1.80 bits per heavy atom. The highest BCUT2D eigenvalue weighted by molar-refractivity contribution is 7.89. The first-order chi connectivity index (χ1) is 19.2. The van der Waals surface area contributed by atoms with Gasteiger partial charge in [-0.2, -0.15) is 4.72 Å². The van der Waals surface area contributed by atoms with Gasteiger partial charge in [0.25, 0.3) is 0 Å². The van der Waals surface area contributed by atoms with Crippen molar-refractivity contribution in [3.05, 3.63) is 66.2 Å². The Hall–Kier alpha value is -3.98. The molecule has 14 heteroatoms. The Balaban J connectivity index is 1.70. The van der Waals surface area contributed by atoms with Crippen molar-refractivity contribution in [2.45, 2.75) is 11.1 Å². The number of fused-ring (bicyclic) bond motifs is 1. The van der Waals surface area contributed by atoms with E-state index >= 15 is 0 Å². The van der Waals surface area contributed by atoms with Crippen LogP contribution in [-0.2, 0) is 14.8 Å². The molecule has 1 aliphatic heterocycles. The maximum atomic E-state index is 13.8. The van der Waals surface area contributed by atoms with E-state index < -0.39 is 32.7 Å². The molecule has 0 fully saturated rings. The topological polar surface area (TPSA) is 140 Å². The van der Waals surface area contributed by atoms with E-state index in [-0.39, 0.29) is 38.0 Å². The van der Waals surface area contributed by atoms with Gasteiger partial charge in [0.15, 0.2) is 23.1 Å². The largest absolute Gasteiger partial charge is 0.497 e. The van der Waals surface area contributed by atoms with Crippen LogP contribution in [0.15, 0.2) is 64.5 Å². The second-order valence-electron chi connectivity index (χ2n) is 8.30. The van der Waals surface area contributed by atoms with E-state index in [1.807, 2.05) is 0 Å². The van der Waals surface area contributed by atoms with Crippen LogP contribution in [0.4, 0.5) is 25.8 Å². The van der Waals surface area contributed by atoms with Gasteiger partial charge >= 0.3 is 0 Å². The highest BCUT2D eigenvalue weighted by atomic mass is 32.2. The van der Waals surface area contributed by atoms with E-state index in [9.17, 15) is 17.2 Å². The van der Waals surface area contributed by atoms with Gasteiger partial charge in [-0.05, 0) is 30.3 Å². The molecule has 214 valence electrons. The number of aliphatic hydroxyl groups is 1. The summed E-state index contributed by atoms with van der Waals surface area (Å²) in [5.74, 6) is -1.38. The van der Waals surface area contributed by atoms with E-state index in [1.54, 1.807) is 36.4 Å². The smallest absolute Gasteiger partial charge is 0.242 e. The van der Waals surface area contributed by atoms with Gasteiger partial charge in [-0.15, -0.1) is 0 Å². The molecule has 1 atom stereocenters. The van der Waals surface area contributed by atoms with Gasteiger partial charge in [0.2, 0.25) is 10.0 Å². The number of ether oxygens (including phenoxy) is 4. The number of halogens is 2. The molecule has 0 saturated heterocycles. The lowest BCUT2D eigenvalue weighted by Crippen LogP contribution is -2.50. The van der Waals surface area contributed by atoms with Crippen LogP contribution in [0, 0.1) is 11.6 Å². The fraction of sp³-hybridized carbons (Fsp3) is 0.269. The number of rotatable bonds is 12. The first kappa shape index (κ1) is 29.0. The zero-order valence-corrected chi connectivity index (χ0v) is 22.4.